The number of rotatable bonds is 8. The summed E-state index contributed by atoms with van der Waals surface area (Å²) in [6.07, 6.45) is 4.41. The van der Waals surface area contributed by atoms with Gasteiger partial charge >= 0.3 is 0 Å². The number of amides is 2. The Bertz CT molecular complexity index is 897. The Morgan fingerprint density at radius 2 is 1.79 bits per heavy atom. The summed E-state index contributed by atoms with van der Waals surface area (Å²) < 4.78 is 11.3. The Kier molecular flexibility index (Phi) is 8.23. The number of ether oxygens (including phenoxy) is 2. The maximum atomic E-state index is 11.9. The third-order valence-electron chi connectivity index (χ3n) is 3.56. The van der Waals surface area contributed by atoms with Crippen molar-refractivity contribution in [1.29, 1.82) is 0 Å². The van der Waals surface area contributed by atoms with Crippen molar-refractivity contribution in [3.8, 4) is 11.5 Å². The van der Waals surface area contributed by atoms with E-state index in [4.69, 9.17) is 9.47 Å². The van der Waals surface area contributed by atoms with Gasteiger partial charge in [-0.25, -0.2) is 5.43 Å². The summed E-state index contributed by atoms with van der Waals surface area (Å²) in [6, 6.07) is 12.7. The van der Waals surface area contributed by atoms with Crippen molar-refractivity contribution in [3.63, 3.8) is 0 Å². The molecule has 0 aliphatic heterocycles. The number of nitrogens with one attached hydrogen (secondary N) is 2. The monoisotopic (exact) mass is 445 g/mol. The molecule has 0 heterocycles. The molecule has 0 fully saturated rings. The van der Waals surface area contributed by atoms with Gasteiger partial charge in [0.25, 0.3) is 5.91 Å². The lowest BCUT2D eigenvalue weighted by molar-refractivity contribution is -0.123. The van der Waals surface area contributed by atoms with Crippen molar-refractivity contribution in [3.05, 3.63) is 64.1 Å². The second-order valence-electron chi connectivity index (χ2n) is 5.47. The van der Waals surface area contributed by atoms with E-state index in [0.29, 0.717) is 17.1 Å². The summed E-state index contributed by atoms with van der Waals surface area (Å²) >= 11 is 3.36. The van der Waals surface area contributed by atoms with Crippen molar-refractivity contribution in [2.75, 3.05) is 20.8 Å². The lowest BCUT2D eigenvalue weighted by Gasteiger charge is -2.05. The largest absolute Gasteiger partial charge is 0.496 e. The van der Waals surface area contributed by atoms with E-state index >= 15 is 0 Å². The predicted octanol–water partition coefficient (Wildman–Crippen LogP) is 2.75. The molecule has 8 heteroatoms. The van der Waals surface area contributed by atoms with E-state index in [-0.39, 0.29) is 6.54 Å². The molecule has 2 amide bonds. The van der Waals surface area contributed by atoms with Crippen LogP contribution in [0.4, 0.5) is 0 Å². The highest BCUT2D eigenvalue weighted by atomic mass is 79.9. The molecule has 2 aromatic rings. The first kappa shape index (κ1) is 21.2. The van der Waals surface area contributed by atoms with Gasteiger partial charge in [-0.3, -0.25) is 9.59 Å². The van der Waals surface area contributed by atoms with Crippen molar-refractivity contribution >= 4 is 40.0 Å². The number of hydrazone groups is 1. The Hall–Kier alpha value is -3.13. The van der Waals surface area contributed by atoms with Crippen molar-refractivity contribution < 1.29 is 19.1 Å². The molecule has 2 N–H and O–H groups in total. The van der Waals surface area contributed by atoms with Crippen molar-refractivity contribution in [1.82, 2.24) is 10.7 Å². The van der Waals surface area contributed by atoms with E-state index in [1.54, 1.807) is 38.5 Å². The molecule has 0 unspecified atom stereocenters. The number of hydrogen-bond acceptors (Lipinski definition) is 5. The number of halogens is 1. The Morgan fingerprint density at radius 1 is 1.07 bits per heavy atom. The van der Waals surface area contributed by atoms with Gasteiger partial charge in [0.05, 0.1) is 27.0 Å². The van der Waals surface area contributed by atoms with Crippen LogP contribution in [0, 0.1) is 0 Å². The molecule has 0 radical (unpaired) electrons. The highest BCUT2D eigenvalue weighted by molar-refractivity contribution is 9.10. The first-order valence-corrected chi connectivity index (χ1v) is 9.07. The third kappa shape index (κ3) is 6.55. The second-order valence-corrected chi connectivity index (χ2v) is 6.39. The standard InChI is InChI=1S/C20H20BrN3O4/c1-27-17-6-4-3-5-14(17)7-10-19(25)22-13-20(26)24-23-12-15-11-16(21)8-9-18(15)28-2/h3-12H,13H2,1-2H3,(H,22,25)(H,24,26)/b10-7+,23-12-. The summed E-state index contributed by atoms with van der Waals surface area (Å²) in [6.45, 7) is -0.206. The summed E-state index contributed by atoms with van der Waals surface area (Å²) in [5.41, 5.74) is 3.81. The first-order valence-electron chi connectivity index (χ1n) is 8.28. The first-order chi connectivity index (χ1) is 13.5. The number of carbonyl (C=O) groups is 2. The minimum atomic E-state index is -0.454. The van der Waals surface area contributed by atoms with Crippen LogP contribution < -0.4 is 20.2 Å². The number of benzene rings is 2. The van der Waals surface area contributed by atoms with Crippen LogP contribution >= 0.6 is 15.9 Å². The molecule has 0 saturated heterocycles. The normalized spacial score (nSPS) is 10.8. The van der Waals surface area contributed by atoms with Crippen LogP contribution in [0.2, 0.25) is 0 Å². The van der Waals surface area contributed by atoms with Gasteiger partial charge in [0.2, 0.25) is 5.91 Å². The predicted molar refractivity (Wildman–Crippen MR) is 111 cm³/mol. The van der Waals surface area contributed by atoms with Gasteiger partial charge in [-0.15, -0.1) is 0 Å². The summed E-state index contributed by atoms with van der Waals surface area (Å²) in [5.74, 6) is 0.417. The molecule has 0 aliphatic rings. The molecule has 0 aromatic heterocycles. The van der Waals surface area contributed by atoms with Crippen molar-refractivity contribution in [2.24, 2.45) is 5.10 Å². The van der Waals surface area contributed by atoms with Crippen LogP contribution in [0.15, 0.2) is 58.1 Å². The zero-order valence-electron chi connectivity index (χ0n) is 15.4. The lowest BCUT2D eigenvalue weighted by atomic mass is 10.2. The van der Waals surface area contributed by atoms with Crippen LogP contribution in [-0.4, -0.2) is 38.8 Å². The highest BCUT2D eigenvalue weighted by Gasteiger charge is 2.04. The number of para-hydroxylation sites is 1. The van der Waals surface area contributed by atoms with Gasteiger partial charge in [-0.05, 0) is 30.3 Å². The Balaban J connectivity index is 1.83. The van der Waals surface area contributed by atoms with Crippen LogP contribution in [0.3, 0.4) is 0 Å². The third-order valence-corrected chi connectivity index (χ3v) is 4.05. The topological polar surface area (TPSA) is 89.0 Å². The smallest absolute Gasteiger partial charge is 0.259 e. The van der Waals surface area contributed by atoms with E-state index < -0.39 is 11.8 Å². The fourth-order valence-electron chi connectivity index (χ4n) is 2.22. The fraction of sp³-hybridized carbons (Fsp3) is 0.150. The Labute approximate surface area is 171 Å². The molecule has 0 bridgehead atoms. The maximum absolute atomic E-state index is 11.9. The molecule has 2 rings (SSSR count). The van der Waals surface area contributed by atoms with Crippen LogP contribution in [0.5, 0.6) is 11.5 Å². The van der Waals surface area contributed by atoms with Gasteiger partial charge in [-0.2, -0.15) is 5.10 Å². The summed E-state index contributed by atoms with van der Waals surface area (Å²) in [5, 5.41) is 6.36. The number of carbonyl (C=O) groups excluding carboxylic acids is 2. The number of hydrogen-bond donors (Lipinski definition) is 2. The van der Waals surface area contributed by atoms with E-state index in [9.17, 15) is 9.59 Å². The molecule has 7 nitrogen and oxygen atoms in total. The zero-order valence-corrected chi connectivity index (χ0v) is 17.0. The van der Waals surface area contributed by atoms with E-state index in [0.717, 1.165) is 10.0 Å². The molecule has 2 aromatic carbocycles. The quantitative estimate of drug-likeness (QED) is 0.371. The van der Waals surface area contributed by atoms with E-state index in [1.165, 1.54) is 12.3 Å². The van der Waals surface area contributed by atoms with Gasteiger partial charge in [0, 0.05) is 21.7 Å². The van der Waals surface area contributed by atoms with E-state index in [1.807, 2.05) is 24.3 Å². The molecule has 0 aliphatic carbocycles. The van der Waals surface area contributed by atoms with Crippen LogP contribution in [0.1, 0.15) is 11.1 Å². The Morgan fingerprint density at radius 3 is 2.54 bits per heavy atom. The van der Waals surface area contributed by atoms with Crippen LogP contribution in [0.25, 0.3) is 6.08 Å². The number of methoxy groups -OCH3 is 2. The maximum Gasteiger partial charge on any atom is 0.259 e. The summed E-state index contributed by atoms with van der Waals surface area (Å²) in [4.78, 5) is 23.7. The molecule has 28 heavy (non-hydrogen) atoms. The molecular weight excluding hydrogens is 426 g/mol. The van der Waals surface area contributed by atoms with Gasteiger partial charge in [0.1, 0.15) is 11.5 Å². The number of nitrogens with zero attached hydrogens (tertiary/aromatic N) is 1. The molecule has 0 spiro atoms. The molecule has 0 saturated carbocycles. The van der Waals surface area contributed by atoms with Gasteiger partial charge in [-0.1, -0.05) is 34.1 Å². The molecular formula is C20H20BrN3O4. The minimum Gasteiger partial charge on any atom is -0.496 e. The van der Waals surface area contributed by atoms with Gasteiger partial charge < -0.3 is 14.8 Å². The van der Waals surface area contributed by atoms with E-state index in [2.05, 4.69) is 31.8 Å². The fourth-order valence-corrected chi connectivity index (χ4v) is 2.59. The van der Waals surface area contributed by atoms with Crippen LogP contribution in [-0.2, 0) is 9.59 Å². The zero-order chi connectivity index (χ0) is 20.4. The summed E-state index contributed by atoms with van der Waals surface area (Å²) in [7, 11) is 3.11. The second kappa shape index (κ2) is 10.9. The SMILES string of the molecule is COc1ccc(Br)cc1/C=N\NC(=O)CNC(=O)/C=C/c1ccccc1OC. The van der Waals surface area contributed by atoms with Crippen molar-refractivity contribution in [2.45, 2.75) is 0 Å². The highest BCUT2D eigenvalue weighted by Crippen LogP contribution is 2.21. The lowest BCUT2D eigenvalue weighted by Crippen LogP contribution is -2.34. The average Bonchev–Trinajstić information content (AvgIpc) is 2.71. The molecule has 146 valence electrons. The molecule has 0 atom stereocenters. The van der Waals surface area contributed by atoms with Gasteiger partial charge in [0.15, 0.2) is 0 Å². The average molecular weight is 446 g/mol. The minimum absolute atomic E-state index is 0.206.